The normalized spacial score (nSPS) is 31.0. The topological polar surface area (TPSA) is 0 Å². The van der Waals surface area contributed by atoms with Gasteiger partial charge in [0.1, 0.15) is 0 Å². The molecule has 118 valence electrons. The van der Waals surface area contributed by atoms with Crippen LogP contribution in [-0.4, -0.2) is 0 Å². The van der Waals surface area contributed by atoms with Gasteiger partial charge in [-0.1, -0.05) is 58.9 Å². The predicted octanol–water partition coefficient (Wildman–Crippen LogP) is 6.63. The van der Waals surface area contributed by atoms with Gasteiger partial charge in [-0.2, -0.15) is 0 Å². The molecule has 2 bridgehead atoms. The molecule has 0 nitrogen and oxygen atoms in total. The molecule has 2 aliphatic carbocycles. The molecule has 2 aliphatic rings. The summed E-state index contributed by atoms with van der Waals surface area (Å²) in [7, 11) is 0. The maximum atomic E-state index is 5.88. The SMILES string of the molecule is CC.CC(C)(C)C1CC2CC(c3ccc(CCl)cc3)C1C2. The second kappa shape index (κ2) is 6.73. The summed E-state index contributed by atoms with van der Waals surface area (Å²) in [5.41, 5.74) is 3.25. The van der Waals surface area contributed by atoms with Crippen LogP contribution in [0.25, 0.3) is 0 Å². The zero-order chi connectivity index (χ0) is 15.6. The summed E-state index contributed by atoms with van der Waals surface area (Å²) in [5, 5.41) is 0. The largest absolute Gasteiger partial charge is 0.122 e. The van der Waals surface area contributed by atoms with Gasteiger partial charge in [-0.25, -0.2) is 0 Å². The maximum absolute atomic E-state index is 5.88. The highest BCUT2D eigenvalue weighted by molar-refractivity contribution is 6.17. The van der Waals surface area contributed by atoms with E-state index in [0.29, 0.717) is 11.3 Å². The van der Waals surface area contributed by atoms with Gasteiger partial charge in [-0.05, 0) is 59.5 Å². The number of fused-ring (bicyclic) bond motifs is 2. The van der Waals surface area contributed by atoms with E-state index in [1.807, 2.05) is 13.8 Å². The molecule has 2 saturated carbocycles. The molecular formula is C20H31Cl. The van der Waals surface area contributed by atoms with E-state index in [0.717, 1.165) is 23.7 Å². The quantitative estimate of drug-likeness (QED) is 0.538. The summed E-state index contributed by atoms with van der Waals surface area (Å²) in [4.78, 5) is 0. The molecule has 0 saturated heterocycles. The molecule has 0 heterocycles. The highest BCUT2D eigenvalue weighted by atomic mass is 35.5. The molecular weight excluding hydrogens is 276 g/mol. The van der Waals surface area contributed by atoms with Gasteiger partial charge in [0, 0.05) is 5.88 Å². The number of benzene rings is 1. The van der Waals surface area contributed by atoms with E-state index in [1.54, 1.807) is 5.56 Å². The second-order valence-electron chi connectivity index (χ2n) is 7.69. The fourth-order valence-electron chi connectivity index (χ4n) is 4.58. The van der Waals surface area contributed by atoms with Crippen molar-refractivity contribution in [3.05, 3.63) is 35.4 Å². The van der Waals surface area contributed by atoms with Crippen molar-refractivity contribution in [2.75, 3.05) is 0 Å². The third-order valence-electron chi connectivity index (χ3n) is 5.49. The van der Waals surface area contributed by atoms with Crippen molar-refractivity contribution < 1.29 is 0 Å². The third kappa shape index (κ3) is 3.47. The first-order valence-electron chi connectivity index (χ1n) is 8.64. The zero-order valence-corrected chi connectivity index (χ0v) is 15.1. The first-order valence-corrected chi connectivity index (χ1v) is 9.17. The van der Waals surface area contributed by atoms with E-state index in [4.69, 9.17) is 11.6 Å². The molecule has 4 atom stereocenters. The fourth-order valence-corrected chi connectivity index (χ4v) is 4.76. The van der Waals surface area contributed by atoms with Crippen LogP contribution in [-0.2, 0) is 5.88 Å². The van der Waals surface area contributed by atoms with Crippen molar-refractivity contribution in [1.82, 2.24) is 0 Å². The Hall–Kier alpha value is -0.490. The first-order chi connectivity index (χ1) is 9.99. The van der Waals surface area contributed by atoms with E-state index in [-0.39, 0.29) is 0 Å². The Labute approximate surface area is 136 Å². The molecule has 0 aromatic heterocycles. The molecule has 1 aromatic rings. The van der Waals surface area contributed by atoms with Crippen molar-refractivity contribution in [2.24, 2.45) is 23.2 Å². The van der Waals surface area contributed by atoms with Gasteiger partial charge in [-0.15, -0.1) is 11.6 Å². The Morgan fingerprint density at radius 2 is 1.62 bits per heavy atom. The first kappa shape index (κ1) is 16.9. The Bertz CT molecular complexity index is 440. The average molecular weight is 307 g/mol. The summed E-state index contributed by atoms with van der Waals surface area (Å²) in [6.45, 7) is 11.3. The summed E-state index contributed by atoms with van der Waals surface area (Å²) < 4.78 is 0. The molecule has 1 heteroatoms. The minimum absolute atomic E-state index is 0.466. The van der Waals surface area contributed by atoms with Crippen molar-refractivity contribution >= 4 is 11.6 Å². The summed E-state index contributed by atoms with van der Waals surface area (Å²) in [5.74, 6) is 4.22. The van der Waals surface area contributed by atoms with Crippen molar-refractivity contribution in [1.29, 1.82) is 0 Å². The Kier molecular flexibility index (Phi) is 5.41. The molecule has 4 unspecified atom stereocenters. The van der Waals surface area contributed by atoms with Crippen LogP contribution < -0.4 is 0 Å². The number of hydrogen-bond donors (Lipinski definition) is 0. The predicted molar refractivity (Wildman–Crippen MR) is 93.9 cm³/mol. The summed E-state index contributed by atoms with van der Waals surface area (Å²) in [6, 6.07) is 9.06. The van der Waals surface area contributed by atoms with Crippen LogP contribution in [0.1, 0.15) is 70.9 Å². The molecule has 0 radical (unpaired) electrons. The van der Waals surface area contributed by atoms with Gasteiger partial charge < -0.3 is 0 Å². The minimum Gasteiger partial charge on any atom is -0.122 e. The van der Waals surface area contributed by atoms with Crippen molar-refractivity contribution in [3.63, 3.8) is 0 Å². The van der Waals surface area contributed by atoms with Crippen LogP contribution in [0.15, 0.2) is 24.3 Å². The van der Waals surface area contributed by atoms with Gasteiger partial charge in [-0.3, -0.25) is 0 Å². The highest BCUT2D eigenvalue weighted by Gasteiger charge is 2.49. The van der Waals surface area contributed by atoms with Crippen molar-refractivity contribution in [2.45, 2.75) is 65.7 Å². The number of alkyl halides is 1. The van der Waals surface area contributed by atoms with Crippen LogP contribution >= 0.6 is 11.6 Å². The van der Waals surface area contributed by atoms with E-state index < -0.39 is 0 Å². The van der Waals surface area contributed by atoms with Crippen LogP contribution in [0.2, 0.25) is 0 Å². The maximum Gasteiger partial charge on any atom is 0.0474 e. The van der Waals surface area contributed by atoms with Crippen molar-refractivity contribution in [3.8, 4) is 0 Å². The van der Waals surface area contributed by atoms with Gasteiger partial charge in [0.15, 0.2) is 0 Å². The van der Waals surface area contributed by atoms with Gasteiger partial charge in [0.25, 0.3) is 0 Å². The number of rotatable bonds is 2. The molecule has 0 aliphatic heterocycles. The van der Waals surface area contributed by atoms with E-state index in [1.165, 1.54) is 24.8 Å². The molecule has 0 amide bonds. The lowest BCUT2D eigenvalue weighted by molar-refractivity contribution is 0.145. The molecule has 1 aromatic carbocycles. The van der Waals surface area contributed by atoms with Gasteiger partial charge in [0.2, 0.25) is 0 Å². The second-order valence-corrected chi connectivity index (χ2v) is 7.96. The molecule has 0 N–H and O–H groups in total. The lowest BCUT2D eigenvalue weighted by atomic mass is 9.67. The van der Waals surface area contributed by atoms with Crippen LogP contribution in [0.3, 0.4) is 0 Å². The average Bonchev–Trinajstić information content (AvgIpc) is 3.09. The smallest absolute Gasteiger partial charge is 0.0474 e. The zero-order valence-electron chi connectivity index (χ0n) is 14.3. The van der Waals surface area contributed by atoms with E-state index in [2.05, 4.69) is 45.0 Å². The number of halogens is 1. The number of hydrogen-bond acceptors (Lipinski definition) is 0. The van der Waals surface area contributed by atoms with E-state index >= 15 is 0 Å². The highest BCUT2D eigenvalue weighted by Crippen LogP contribution is 2.60. The fraction of sp³-hybridized carbons (Fsp3) is 0.700. The van der Waals surface area contributed by atoms with Crippen LogP contribution in [0.4, 0.5) is 0 Å². The molecule has 0 spiro atoms. The Morgan fingerprint density at radius 3 is 2.10 bits per heavy atom. The Balaban J connectivity index is 0.000000774. The van der Waals surface area contributed by atoms with Gasteiger partial charge >= 0.3 is 0 Å². The summed E-state index contributed by atoms with van der Waals surface area (Å²) in [6.07, 6.45) is 4.34. The lowest BCUT2D eigenvalue weighted by Crippen LogP contribution is -2.29. The van der Waals surface area contributed by atoms with E-state index in [9.17, 15) is 0 Å². The minimum atomic E-state index is 0.466. The van der Waals surface area contributed by atoms with Crippen LogP contribution in [0.5, 0.6) is 0 Å². The van der Waals surface area contributed by atoms with Crippen LogP contribution in [0, 0.1) is 23.2 Å². The third-order valence-corrected chi connectivity index (χ3v) is 5.80. The summed E-state index contributed by atoms with van der Waals surface area (Å²) >= 11 is 5.88. The van der Waals surface area contributed by atoms with Gasteiger partial charge in [0.05, 0.1) is 0 Å². The standard InChI is InChI=1S/C18H25Cl.C2H6/c1-18(2,3)17-10-13-8-15(16(17)9-13)14-6-4-12(11-19)5-7-14;1-2/h4-7,13,15-17H,8-11H2,1-3H3;1-2H3. The molecule has 3 rings (SSSR count). The lowest BCUT2D eigenvalue weighted by Gasteiger charge is -2.38. The Morgan fingerprint density at radius 1 is 1.00 bits per heavy atom. The molecule has 21 heavy (non-hydrogen) atoms. The molecule has 2 fully saturated rings. The monoisotopic (exact) mass is 306 g/mol.